The summed E-state index contributed by atoms with van der Waals surface area (Å²) in [4.78, 5) is 21.4. The number of rotatable bonds is 8. The quantitative estimate of drug-likeness (QED) is 0.391. The number of hydrogen-bond donors (Lipinski definition) is 1. The molecule has 3 aromatic rings. The lowest BCUT2D eigenvalue weighted by molar-refractivity contribution is -0.147. The van der Waals surface area contributed by atoms with E-state index in [0.717, 1.165) is 66.7 Å². The highest BCUT2D eigenvalue weighted by molar-refractivity contribution is 5.72. The molecule has 3 aliphatic rings. The molecule has 1 aromatic heterocycles. The van der Waals surface area contributed by atoms with Gasteiger partial charge in [-0.25, -0.2) is 4.98 Å². The molecular formula is C35H43N3O5. The molecule has 0 unspecified atom stereocenters. The fraction of sp³-hybridized carbons (Fsp3) is 0.486. The maximum atomic E-state index is 11.7. The minimum absolute atomic E-state index is 0.0381. The van der Waals surface area contributed by atoms with Gasteiger partial charge in [-0.2, -0.15) is 0 Å². The van der Waals surface area contributed by atoms with Gasteiger partial charge in [0, 0.05) is 44.3 Å². The molecule has 4 heterocycles. The number of para-hydroxylation sites is 1. The lowest BCUT2D eigenvalue weighted by atomic mass is 9.81. The number of aliphatic carboxylic acids is 1. The maximum Gasteiger partial charge on any atom is 0.309 e. The smallest absolute Gasteiger partial charge is 0.309 e. The van der Waals surface area contributed by atoms with E-state index in [1.807, 2.05) is 24.3 Å². The Hall–Kier alpha value is -3.46. The Labute approximate surface area is 254 Å². The number of carboxylic acids is 1. The van der Waals surface area contributed by atoms with Crippen LogP contribution in [-0.4, -0.2) is 79.6 Å². The van der Waals surface area contributed by atoms with Crippen molar-refractivity contribution in [3.8, 4) is 17.0 Å². The molecule has 2 saturated heterocycles. The molecule has 228 valence electrons. The van der Waals surface area contributed by atoms with Crippen LogP contribution in [0.5, 0.6) is 5.75 Å². The molecule has 0 radical (unpaired) electrons. The van der Waals surface area contributed by atoms with Crippen LogP contribution in [-0.2, 0) is 32.7 Å². The number of piperidine rings is 1. The van der Waals surface area contributed by atoms with Crippen molar-refractivity contribution < 1.29 is 24.1 Å². The molecule has 1 N–H and O–H groups in total. The summed E-state index contributed by atoms with van der Waals surface area (Å²) in [5, 5.41) is 9.58. The van der Waals surface area contributed by atoms with Crippen LogP contribution >= 0.6 is 0 Å². The number of benzene rings is 2. The van der Waals surface area contributed by atoms with Crippen LogP contribution in [0.2, 0.25) is 0 Å². The van der Waals surface area contributed by atoms with E-state index >= 15 is 0 Å². The van der Waals surface area contributed by atoms with Gasteiger partial charge in [-0.1, -0.05) is 50.2 Å². The Balaban J connectivity index is 1.21. The zero-order valence-corrected chi connectivity index (χ0v) is 25.7. The minimum atomic E-state index is -0.807. The van der Waals surface area contributed by atoms with Crippen LogP contribution in [0.4, 0.5) is 5.82 Å². The van der Waals surface area contributed by atoms with Crippen molar-refractivity contribution in [2.75, 3.05) is 51.4 Å². The molecule has 0 spiro atoms. The van der Waals surface area contributed by atoms with Crippen LogP contribution < -0.4 is 9.64 Å². The topological polar surface area (TPSA) is 84.4 Å². The number of pyridine rings is 1. The molecule has 2 aromatic carbocycles. The third-order valence-electron chi connectivity index (χ3n) is 9.42. The van der Waals surface area contributed by atoms with Crippen molar-refractivity contribution in [2.24, 2.45) is 5.92 Å². The summed E-state index contributed by atoms with van der Waals surface area (Å²) in [5.41, 5.74) is 6.87. The Morgan fingerprint density at radius 2 is 1.93 bits per heavy atom. The SMILES string of the molecule is CO[C@@H]1CN(c2cccc(-c3cccc(C)c3OCc3ccc4c(c3)C(C)(C)CN(C3COC3)CC4)n2)CC[C@@H]1C(=O)O. The molecule has 3 aliphatic heterocycles. The first-order valence-corrected chi connectivity index (χ1v) is 15.4. The second-order valence-electron chi connectivity index (χ2n) is 12.9. The first kappa shape index (κ1) is 29.6. The molecule has 0 saturated carbocycles. The number of hydrogen-bond acceptors (Lipinski definition) is 7. The van der Waals surface area contributed by atoms with E-state index in [1.165, 1.54) is 11.1 Å². The highest BCUT2D eigenvalue weighted by Gasteiger charge is 2.36. The van der Waals surface area contributed by atoms with Gasteiger partial charge in [0.2, 0.25) is 0 Å². The number of fused-ring (bicyclic) bond motifs is 1. The van der Waals surface area contributed by atoms with Crippen LogP contribution in [0.1, 0.15) is 42.5 Å². The van der Waals surface area contributed by atoms with E-state index in [0.29, 0.717) is 32.2 Å². The summed E-state index contributed by atoms with van der Waals surface area (Å²) in [7, 11) is 1.58. The predicted octanol–water partition coefficient (Wildman–Crippen LogP) is 5.10. The molecule has 8 nitrogen and oxygen atoms in total. The Morgan fingerprint density at radius 3 is 2.67 bits per heavy atom. The first-order valence-electron chi connectivity index (χ1n) is 15.4. The Kier molecular flexibility index (Phi) is 8.45. The molecule has 2 atom stereocenters. The monoisotopic (exact) mass is 585 g/mol. The van der Waals surface area contributed by atoms with E-state index in [1.54, 1.807) is 7.11 Å². The fourth-order valence-electron chi connectivity index (χ4n) is 6.84. The Morgan fingerprint density at radius 1 is 1.12 bits per heavy atom. The van der Waals surface area contributed by atoms with Crippen molar-refractivity contribution in [3.63, 3.8) is 0 Å². The largest absolute Gasteiger partial charge is 0.488 e. The zero-order chi connectivity index (χ0) is 30.1. The molecule has 8 heteroatoms. The summed E-state index contributed by atoms with van der Waals surface area (Å²) in [6.45, 7) is 12.1. The van der Waals surface area contributed by atoms with Gasteiger partial charge >= 0.3 is 5.97 Å². The number of anilines is 1. The van der Waals surface area contributed by atoms with Crippen molar-refractivity contribution >= 4 is 11.8 Å². The van der Waals surface area contributed by atoms with Crippen LogP contribution in [0, 0.1) is 12.8 Å². The summed E-state index contributed by atoms with van der Waals surface area (Å²) in [6.07, 6.45) is 1.19. The third-order valence-corrected chi connectivity index (χ3v) is 9.42. The van der Waals surface area contributed by atoms with E-state index in [2.05, 4.69) is 60.9 Å². The van der Waals surface area contributed by atoms with Crippen molar-refractivity contribution in [2.45, 2.75) is 57.8 Å². The third kappa shape index (κ3) is 6.14. The average molecular weight is 586 g/mol. The molecule has 0 aliphatic carbocycles. The lowest BCUT2D eigenvalue weighted by Crippen LogP contribution is -2.52. The van der Waals surface area contributed by atoms with E-state index < -0.39 is 11.9 Å². The fourth-order valence-corrected chi connectivity index (χ4v) is 6.84. The molecule has 6 rings (SSSR count). The van der Waals surface area contributed by atoms with Crippen LogP contribution in [0.3, 0.4) is 0 Å². The van der Waals surface area contributed by atoms with Gasteiger partial charge < -0.3 is 24.2 Å². The van der Waals surface area contributed by atoms with Crippen molar-refractivity contribution in [1.29, 1.82) is 0 Å². The summed E-state index contributed by atoms with van der Waals surface area (Å²) in [5.74, 6) is 0.331. The van der Waals surface area contributed by atoms with Gasteiger partial charge in [0.25, 0.3) is 0 Å². The molecule has 43 heavy (non-hydrogen) atoms. The van der Waals surface area contributed by atoms with Crippen LogP contribution in [0.15, 0.2) is 54.6 Å². The predicted molar refractivity (Wildman–Crippen MR) is 167 cm³/mol. The number of carbonyl (C=O) groups is 1. The van der Waals surface area contributed by atoms with Crippen molar-refractivity contribution in [1.82, 2.24) is 9.88 Å². The second kappa shape index (κ2) is 12.3. The molecular weight excluding hydrogens is 542 g/mol. The van der Waals surface area contributed by atoms with Gasteiger partial charge in [0.1, 0.15) is 18.2 Å². The highest BCUT2D eigenvalue weighted by Crippen LogP contribution is 2.36. The number of methoxy groups -OCH3 is 1. The molecule has 0 bridgehead atoms. The molecule has 0 amide bonds. The number of ether oxygens (including phenoxy) is 3. The summed E-state index contributed by atoms with van der Waals surface area (Å²) in [6, 6.07) is 19.5. The average Bonchev–Trinajstić information content (AvgIpc) is 3.10. The number of nitrogens with zero attached hydrogens (tertiary/aromatic N) is 3. The van der Waals surface area contributed by atoms with Gasteiger partial charge in [0.15, 0.2) is 0 Å². The first-order chi connectivity index (χ1) is 20.7. The number of carboxylic acid groups (broad SMARTS) is 1. The maximum absolute atomic E-state index is 11.7. The van der Waals surface area contributed by atoms with Gasteiger partial charge in [-0.15, -0.1) is 0 Å². The summed E-state index contributed by atoms with van der Waals surface area (Å²) < 4.78 is 17.6. The number of aromatic nitrogens is 1. The van der Waals surface area contributed by atoms with E-state index in [4.69, 9.17) is 19.2 Å². The van der Waals surface area contributed by atoms with Crippen molar-refractivity contribution in [3.05, 3.63) is 76.9 Å². The van der Waals surface area contributed by atoms with Gasteiger partial charge in [0.05, 0.1) is 37.0 Å². The lowest BCUT2D eigenvalue weighted by Gasteiger charge is -2.40. The van der Waals surface area contributed by atoms with Gasteiger partial charge in [-0.3, -0.25) is 9.69 Å². The zero-order valence-electron chi connectivity index (χ0n) is 25.7. The summed E-state index contributed by atoms with van der Waals surface area (Å²) >= 11 is 0. The second-order valence-corrected chi connectivity index (χ2v) is 12.9. The number of aryl methyl sites for hydroxylation is 1. The standard InChI is InChI=1S/C35H43N3O5/c1-23-7-5-8-27(30-9-6-10-32(36-30)37-16-14-28(34(39)40)31(18-37)41-4)33(23)43-19-24-11-12-25-13-15-38(26-20-42-21-26)22-35(2,3)29(25)17-24/h5-12,17,26,28,31H,13-16,18-22H2,1-4H3,(H,39,40)/t28-,31+/m0/s1. The minimum Gasteiger partial charge on any atom is -0.488 e. The normalized spacial score (nSPS) is 22.4. The Bertz CT molecular complexity index is 1470. The van der Waals surface area contributed by atoms with E-state index in [-0.39, 0.29) is 11.5 Å². The highest BCUT2D eigenvalue weighted by atomic mass is 16.5. The molecule has 2 fully saturated rings. The van der Waals surface area contributed by atoms with Crippen LogP contribution in [0.25, 0.3) is 11.3 Å². The van der Waals surface area contributed by atoms with Gasteiger partial charge in [-0.05, 0) is 60.2 Å². The van der Waals surface area contributed by atoms with E-state index in [9.17, 15) is 9.90 Å².